The van der Waals surface area contributed by atoms with Gasteiger partial charge in [0.25, 0.3) is 5.91 Å². The molecule has 2 aromatic rings. The zero-order valence-electron chi connectivity index (χ0n) is 27.1. The van der Waals surface area contributed by atoms with Crippen LogP contribution in [0.5, 0.6) is 5.75 Å². The first-order valence-electron chi connectivity index (χ1n) is 16.9. The Morgan fingerprint density at radius 2 is 1.71 bits per heavy atom. The molecule has 5 aliphatic rings. The molecule has 7 rings (SSSR count). The first-order chi connectivity index (χ1) is 21.8. The van der Waals surface area contributed by atoms with E-state index in [1.54, 1.807) is 24.3 Å². The second kappa shape index (κ2) is 12.4. The van der Waals surface area contributed by atoms with E-state index in [0.29, 0.717) is 35.0 Å². The average molecular weight is 617 g/mol. The van der Waals surface area contributed by atoms with Gasteiger partial charge in [-0.15, -0.1) is 0 Å². The highest BCUT2D eigenvalue weighted by Gasteiger charge is 2.55. The van der Waals surface area contributed by atoms with Gasteiger partial charge in [0.15, 0.2) is 5.82 Å². The number of ether oxygens (including phenoxy) is 1. The highest BCUT2D eigenvalue weighted by atomic mass is 16.5. The van der Waals surface area contributed by atoms with Crippen molar-refractivity contribution in [3.8, 4) is 5.75 Å². The Morgan fingerprint density at radius 1 is 0.978 bits per heavy atom. The van der Waals surface area contributed by atoms with Gasteiger partial charge in [0.2, 0.25) is 11.9 Å². The number of methoxy groups -OCH3 is 1. The number of hydrogen-bond donors (Lipinski definition) is 2. The largest absolute Gasteiger partial charge is 0.495 e. The predicted octanol–water partition coefficient (Wildman–Crippen LogP) is 4.02. The van der Waals surface area contributed by atoms with Gasteiger partial charge in [-0.1, -0.05) is 12.8 Å². The van der Waals surface area contributed by atoms with Crippen LogP contribution in [0.4, 0.5) is 23.1 Å². The van der Waals surface area contributed by atoms with E-state index in [9.17, 15) is 9.59 Å². The second-order valence-electron chi connectivity index (χ2n) is 14.0. The third-order valence-corrected chi connectivity index (χ3v) is 11.0. The molecule has 3 aliphatic carbocycles. The lowest BCUT2D eigenvalue weighted by Gasteiger charge is -2.41. The molecular formula is C34H48N8O3. The van der Waals surface area contributed by atoms with Crippen molar-refractivity contribution in [3.63, 3.8) is 0 Å². The summed E-state index contributed by atoms with van der Waals surface area (Å²) in [6.07, 6.45) is 12.6. The second-order valence-corrected chi connectivity index (χ2v) is 14.0. The van der Waals surface area contributed by atoms with Gasteiger partial charge in [-0.2, -0.15) is 4.98 Å². The van der Waals surface area contributed by atoms with Gasteiger partial charge in [-0.3, -0.25) is 14.5 Å². The molecule has 11 nitrogen and oxygen atoms in total. The van der Waals surface area contributed by atoms with Gasteiger partial charge < -0.3 is 30.1 Å². The van der Waals surface area contributed by atoms with Crippen LogP contribution in [0.2, 0.25) is 0 Å². The molecule has 0 unspecified atom stereocenters. The molecular weight excluding hydrogens is 568 g/mol. The van der Waals surface area contributed by atoms with Crippen molar-refractivity contribution in [2.45, 2.75) is 82.3 Å². The Hall–Kier alpha value is -3.44. The molecule has 2 amide bonds. The van der Waals surface area contributed by atoms with Crippen LogP contribution in [0.15, 0.2) is 24.4 Å². The molecule has 1 aromatic heterocycles. The topological polar surface area (TPSA) is 106 Å². The quantitative estimate of drug-likeness (QED) is 0.477. The highest BCUT2D eigenvalue weighted by Crippen LogP contribution is 2.52. The van der Waals surface area contributed by atoms with Crippen LogP contribution in [0.25, 0.3) is 0 Å². The van der Waals surface area contributed by atoms with E-state index in [-0.39, 0.29) is 23.3 Å². The SMILES string of the molecule is COc1cc(C(=O)NC2CCC(N3CCN(C)CC3)CC2)ccc1Nc1ncc2c(n1)N(C1CCCC1)CC1(CC1)C(=O)N2C. The molecule has 1 saturated heterocycles. The first kappa shape index (κ1) is 30.2. The summed E-state index contributed by atoms with van der Waals surface area (Å²) in [4.78, 5) is 45.4. The van der Waals surface area contributed by atoms with E-state index in [0.717, 1.165) is 95.6 Å². The van der Waals surface area contributed by atoms with Crippen molar-refractivity contribution in [1.82, 2.24) is 25.1 Å². The number of hydrogen-bond acceptors (Lipinski definition) is 9. The number of benzene rings is 1. The zero-order valence-corrected chi connectivity index (χ0v) is 27.1. The summed E-state index contributed by atoms with van der Waals surface area (Å²) in [6, 6.07) is 6.68. The molecule has 0 atom stereocenters. The Labute approximate surface area is 266 Å². The number of aromatic nitrogens is 2. The van der Waals surface area contributed by atoms with Crippen molar-refractivity contribution >= 4 is 35.0 Å². The smallest absolute Gasteiger partial charge is 0.251 e. The first-order valence-corrected chi connectivity index (χ1v) is 16.9. The minimum absolute atomic E-state index is 0.0712. The van der Waals surface area contributed by atoms with Crippen LogP contribution in [0.3, 0.4) is 0 Å². The monoisotopic (exact) mass is 616 g/mol. The van der Waals surface area contributed by atoms with Crippen LogP contribution in [0.1, 0.15) is 74.6 Å². The lowest BCUT2D eigenvalue weighted by atomic mass is 9.89. The molecule has 2 aliphatic heterocycles. The average Bonchev–Trinajstić information content (AvgIpc) is 3.67. The number of likely N-dealkylation sites (N-methyl/N-ethyl adjacent to an activating group) is 1. The van der Waals surface area contributed by atoms with Crippen LogP contribution in [-0.4, -0.2) is 104 Å². The summed E-state index contributed by atoms with van der Waals surface area (Å²) in [5.74, 6) is 1.91. The maximum atomic E-state index is 13.4. The normalized spacial score (nSPS) is 25.6. The van der Waals surface area contributed by atoms with Gasteiger partial charge in [-0.25, -0.2) is 4.98 Å². The highest BCUT2D eigenvalue weighted by molar-refractivity contribution is 6.03. The molecule has 1 spiro atoms. The van der Waals surface area contributed by atoms with Gasteiger partial charge in [0.05, 0.1) is 24.4 Å². The van der Waals surface area contributed by atoms with Crippen LogP contribution < -0.4 is 25.2 Å². The fourth-order valence-electron chi connectivity index (χ4n) is 7.95. The number of carbonyl (C=O) groups is 2. The van der Waals surface area contributed by atoms with E-state index in [4.69, 9.17) is 9.72 Å². The van der Waals surface area contributed by atoms with E-state index >= 15 is 0 Å². The third-order valence-electron chi connectivity index (χ3n) is 11.0. The number of amides is 2. The Balaban J connectivity index is 1.03. The maximum Gasteiger partial charge on any atom is 0.251 e. The number of nitrogens with one attached hydrogen (secondary N) is 2. The number of piperazine rings is 1. The molecule has 0 radical (unpaired) electrons. The van der Waals surface area contributed by atoms with E-state index < -0.39 is 0 Å². The third kappa shape index (κ3) is 6.08. The molecule has 3 heterocycles. The molecule has 242 valence electrons. The molecule has 45 heavy (non-hydrogen) atoms. The number of anilines is 4. The van der Waals surface area contributed by atoms with E-state index in [1.165, 1.54) is 12.8 Å². The fraction of sp³-hybridized carbons (Fsp3) is 0.647. The van der Waals surface area contributed by atoms with E-state index in [1.807, 2.05) is 19.2 Å². The summed E-state index contributed by atoms with van der Waals surface area (Å²) in [5.41, 5.74) is 1.72. The Kier molecular flexibility index (Phi) is 8.33. The van der Waals surface area contributed by atoms with Crippen molar-refractivity contribution in [2.75, 3.05) is 69.0 Å². The lowest BCUT2D eigenvalue weighted by molar-refractivity contribution is -0.122. The summed E-state index contributed by atoms with van der Waals surface area (Å²) in [6.45, 7) is 5.28. The van der Waals surface area contributed by atoms with Gasteiger partial charge >= 0.3 is 0 Å². The van der Waals surface area contributed by atoms with Gasteiger partial charge in [-0.05, 0) is 76.6 Å². The summed E-state index contributed by atoms with van der Waals surface area (Å²) in [7, 11) is 5.65. The fourth-order valence-corrected chi connectivity index (χ4v) is 7.95. The van der Waals surface area contributed by atoms with Crippen LogP contribution >= 0.6 is 0 Å². The summed E-state index contributed by atoms with van der Waals surface area (Å²) < 4.78 is 5.72. The summed E-state index contributed by atoms with van der Waals surface area (Å²) in [5, 5.41) is 6.61. The van der Waals surface area contributed by atoms with Crippen molar-refractivity contribution in [3.05, 3.63) is 30.0 Å². The van der Waals surface area contributed by atoms with Crippen molar-refractivity contribution < 1.29 is 14.3 Å². The van der Waals surface area contributed by atoms with Crippen molar-refractivity contribution in [1.29, 1.82) is 0 Å². The number of rotatable bonds is 7. The standard InChI is InChI=1S/C34H48N8O3/c1-39-16-18-41(19-17-39)25-11-9-24(10-12-25)36-31(43)23-8-13-27(29(20-23)45-3)37-33-35-21-28-30(38-33)42(26-6-4-5-7-26)22-34(14-15-34)32(44)40(28)2/h8,13,20-21,24-26H,4-7,9-12,14-19,22H2,1-3H3,(H,36,43)(H,35,37,38). The number of fused-ring (bicyclic) bond motifs is 1. The Bertz CT molecular complexity index is 1410. The molecule has 2 N–H and O–H groups in total. The van der Waals surface area contributed by atoms with Crippen molar-refractivity contribution in [2.24, 2.45) is 5.41 Å². The molecule has 0 bridgehead atoms. The zero-order chi connectivity index (χ0) is 31.1. The van der Waals surface area contributed by atoms with Gasteiger partial charge in [0, 0.05) is 63.5 Å². The Morgan fingerprint density at radius 3 is 2.40 bits per heavy atom. The van der Waals surface area contributed by atoms with Crippen LogP contribution in [-0.2, 0) is 4.79 Å². The summed E-state index contributed by atoms with van der Waals surface area (Å²) >= 11 is 0. The number of carbonyl (C=O) groups excluding carboxylic acids is 2. The van der Waals surface area contributed by atoms with Gasteiger partial charge in [0.1, 0.15) is 11.4 Å². The molecule has 1 aromatic carbocycles. The molecule has 3 saturated carbocycles. The molecule has 11 heteroatoms. The predicted molar refractivity (Wildman–Crippen MR) is 176 cm³/mol. The number of nitrogens with zero attached hydrogens (tertiary/aromatic N) is 6. The maximum absolute atomic E-state index is 13.4. The molecule has 4 fully saturated rings. The van der Waals surface area contributed by atoms with Crippen LogP contribution in [0, 0.1) is 5.41 Å². The minimum Gasteiger partial charge on any atom is -0.495 e. The lowest BCUT2D eigenvalue weighted by Crippen LogP contribution is -2.51. The minimum atomic E-state index is -0.296. The van der Waals surface area contributed by atoms with E-state index in [2.05, 4.69) is 37.4 Å².